The smallest absolute Gasteiger partial charge is 0.169 e. The first-order valence-corrected chi connectivity index (χ1v) is 6.32. The maximum atomic E-state index is 13.9. The molecule has 0 spiro atoms. The van der Waals surface area contributed by atoms with Gasteiger partial charge in [0.2, 0.25) is 0 Å². The summed E-state index contributed by atoms with van der Waals surface area (Å²) < 4.78 is 19.3. The molecule has 1 aromatic rings. The molecule has 1 aliphatic rings. The molecule has 0 amide bonds. The van der Waals surface area contributed by atoms with Crippen molar-refractivity contribution in [1.82, 2.24) is 0 Å². The third-order valence-corrected chi connectivity index (χ3v) is 3.47. The molecule has 0 bridgehead atoms. The molecule has 0 saturated carbocycles. The van der Waals surface area contributed by atoms with E-state index in [-0.39, 0.29) is 22.1 Å². The van der Waals surface area contributed by atoms with Gasteiger partial charge in [0.15, 0.2) is 5.82 Å². The normalized spacial score (nSPS) is 19.8. The van der Waals surface area contributed by atoms with Crippen LogP contribution in [-0.4, -0.2) is 19.8 Å². The number of hydrogen-bond donors (Lipinski definition) is 3. The largest absolute Gasteiger partial charge is 0.397 e. The van der Waals surface area contributed by atoms with Crippen LogP contribution < -0.4 is 16.8 Å². The van der Waals surface area contributed by atoms with Crippen LogP contribution in [0.15, 0.2) is 6.07 Å². The number of rotatable bonds is 3. The highest BCUT2D eigenvalue weighted by Crippen LogP contribution is 2.33. The van der Waals surface area contributed by atoms with Crippen LogP contribution in [0.3, 0.4) is 0 Å². The van der Waals surface area contributed by atoms with E-state index in [1.165, 1.54) is 6.07 Å². The van der Waals surface area contributed by atoms with Gasteiger partial charge in [0.25, 0.3) is 0 Å². The average Bonchev–Trinajstić information content (AvgIpc) is 2.37. The van der Waals surface area contributed by atoms with E-state index in [9.17, 15) is 4.39 Å². The first kappa shape index (κ1) is 13.2. The molecule has 1 heterocycles. The molecule has 18 heavy (non-hydrogen) atoms. The number of nitrogens with two attached hydrogens (primary N) is 2. The fraction of sp³-hybridized carbons (Fsp3) is 0.500. The van der Waals surface area contributed by atoms with Crippen molar-refractivity contribution in [1.29, 1.82) is 0 Å². The van der Waals surface area contributed by atoms with Crippen LogP contribution in [0, 0.1) is 11.7 Å². The number of nitrogens with one attached hydrogen (secondary N) is 1. The summed E-state index contributed by atoms with van der Waals surface area (Å²) in [5, 5.41) is 2.91. The van der Waals surface area contributed by atoms with Gasteiger partial charge in [-0.05, 0) is 24.8 Å². The lowest BCUT2D eigenvalue weighted by Crippen LogP contribution is -2.25. The van der Waals surface area contributed by atoms with Gasteiger partial charge >= 0.3 is 0 Å². The zero-order chi connectivity index (χ0) is 13.1. The van der Waals surface area contributed by atoms with Crippen LogP contribution in [0.5, 0.6) is 0 Å². The van der Waals surface area contributed by atoms with Gasteiger partial charge in [-0.25, -0.2) is 4.39 Å². The lowest BCUT2D eigenvalue weighted by molar-refractivity contribution is 0.0595. The van der Waals surface area contributed by atoms with Crippen molar-refractivity contribution in [3.05, 3.63) is 16.9 Å². The SMILES string of the molecule is Nc1cc(N)c(NCC2CCCOC2)c(F)c1Cl. The van der Waals surface area contributed by atoms with Gasteiger partial charge < -0.3 is 21.5 Å². The molecular formula is C12H17ClFN3O. The van der Waals surface area contributed by atoms with E-state index in [1.54, 1.807) is 0 Å². The highest BCUT2D eigenvalue weighted by Gasteiger charge is 2.17. The van der Waals surface area contributed by atoms with Gasteiger partial charge in [0.1, 0.15) is 5.02 Å². The second-order valence-electron chi connectivity index (χ2n) is 4.52. The summed E-state index contributed by atoms with van der Waals surface area (Å²) in [5.41, 5.74) is 11.9. The Kier molecular flexibility index (Phi) is 4.14. The minimum Gasteiger partial charge on any atom is -0.397 e. The van der Waals surface area contributed by atoms with Crippen LogP contribution in [-0.2, 0) is 4.74 Å². The van der Waals surface area contributed by atoms with E-state index >= 15 is 0 Å². The van der Waals surface area contributed by atoms with Gasteiger partial charge in [-0.15, -0.1) is 0 Å². The molecule has 0 radical (unpaired) electrons. The Hall–Kier alpha value is -1.20. The second kappa shape index (κ2) is 5.63. The Bertz CT molecular complexity index is 436. The zero-order valence-electron chi connectivity index (χ0n) is 10.0. The summed E-state index contributed by atoms with van der Waals surface area (Å²) >= 11 is 5.76. The van der Waals surface area contributed by atoms with Crippen LogP contribution in [0.1, 0.15) is 12.8 Å². The predicted molar refractivity (Wildman–Crippen MR) is 72.3 cm³/mol. The zero-order valence-corrected chi connectivity index (χ0v) is 10.8. The summed E-state index contributed by atoms with van der Waals surface area (Å²) in [4.78, 5) is 0. The van der Waals surface area contributed by atoms with Crippen LogP contribution in [0.25, 0.3) is 0 Å². The minimum atomic E-state index is -0.592. The van der Waals surface area contributed by atoms with Crippen LogP contribution in [0.2, 0.25) is 5.02 Å². The van der Waals surface area contributed by atoms with Crippen molar-refractivity contribution in [2.45, 2.75) is 12.8 Å². The van der Waals surface area contributed by atoms with E-state index < -0.39 is 5.82 Å². The van der Waals surface area contributed by atoms with Crippen molar-refractivity contribution in [3.8, 4) is 0 Å². The molecule has 1 atom stereocenters. The topological polar surface area (TPSA) is 73.3 Å². The molecule has 1 aromatic carbocycles. The summed E-state index contributed by atoms with van der Waals surface area (Å²) in [7, 11) is 0. The third-order valence-electron chi connectivity index (χ3n) is 3.09. The summed E-state index contributed by atoms with van der Waals surface area (Å²) in [6.45, 7) is 2.11. The Morgan fingerprint density at radius 3 is 2.89 bits per heavy atom. The van der Waals surface area contributed by atoms with Gasteiger partial charge in [0, 0.05) is 13.2 Å². The first-order chi connectivity index (χ1) is 8.59. The van der Waals surface area contributed by atoms with Crippen molar-refractivity contribution < 1.29 is 9.13 Å². The Morgan fingerprint density at radius 1 is 1.44 bits per heavy atom. The molecule has 2 rings (SSSR count). The first-order valence-electron chi connectivity index (χ1n) is 5.94. The molecule has 6 heteroatoms. The van der Waals surface area contributed by atoms with Crippen LogP contribution in [0.4, 0.5) is 21.5 Å². The average molecular weight is 274 g/mol. The predicted octanol–water partition coefficient (Wildman–Crippen LogP) is 2.48. The molecule has 4 nitrogen and oxygen atoms in total. The molecular weight excluding hydrogens is 257 g/mol. The van der Waals surface area contributed by atoms with E-state index in [0.717, 1.165) is 19.4 Å². The fourth-order valence-corrected chi connectivity index (χ4v) is 2.21. The third kappa shape index (κ3) is 2.79. The number of benzene rings is 1. The van der Waals surface area contributed by atoms with Crippen molar-refractivity contribution >= 4 is 28.7 Å². The summed E-state index contributed by atoms with van der Waals surface area (Å²) in [6, 6.07) is 1.46. The Labute approximate surface area is 110 Å². The Morgan fingerprint density at radius 2 is 2.22 bits per heavy atom. The summed E-state index contributed by atoms with van der Waals surface area (Å²) in [6.07, 6.45) is 2.10. The lowest BCUT2D eigenvalue weighted by Gasteiger charge is -2.23. The monoisotopic (exact) mass is 273 g/mol. The molecule has 1 aliphatic heterocycles. The molecule has 0 aliphatic carbocycles. The van der Waals surface area contributed by atoms with Gasteiger partial charge in [0.05, 0.1) is 23.7 Å². The van der Waals surface area contributed by atoms with E-state index in [0.29, 0.717) is 19.1 Å². The molecule has 100 valence electrons. The van der Waals surface area contributed by atoms with Gasteiger partial charge in [-0.1, -0.05) is 11.6 Å². The van der Waals surface area contributed by atoms with E-state index in [2.05, 4.69) is 5.32 Å². The minimum absolute atomic E-state index is 0.0911. The number of ether oxygens (including phenoxy) is 1. The second-order valence-corrected chi connectivity index (χ2v) is 4.90. The molecule has 1 fully saturated rings. The lowest BCUT2D eigenvalue weighted by atomic mass is 10.0. The number of halogens is 2. The number of hydrogen-bond acceptors (Lipinski definition) is 4. The highest BCUT2D eigenvalue weighted by atomic mass is 35.5. The van der Waals surface area contributed by atoms with E-state index in [1.807, 2.05) is 0 Å². The standard InChI is InChI=1S/C12H17ClFN3O/c13-10-8(15)4-9(16)12(11(10)14)17-5-7-2-1-3-18-6-7/h4,7,17H,1-3,5-6,15-16H2. The van der Waals surface area contributed by atoms with E-state index in [4.69, 9.17) is 27.8 Å². The summed E-state index contributed by atoms with van der Waals surface area (Å²) in [5.74, 6) is -0.222. The fourth-order valence-electron chi connectivity index (χ4n) is 2.06. The van der Waals surface area contributed by atoms with Crippen LogP contribution >= 0.6 is 11.6 Å². The number of nitrogen functional groups attached to an aromatic ring is 2. The maximum absolute atomic E-state index is 13.9. The highest BCUT2D eigenvalue weighted by molar-refractivity contribution is 6.33. The Balaban J connectivity index is 2.06. The number of anilines is 3. The molecule has 5 N–H and O–H groups in total. The van der Waals surface area contributed by atoms with Crippen molar-refractivity contribution in [3.63, 3.8) is 0 Å². The maximum Gasteiger partial charge on any atom is 0.169 e. The van der Waals surface area contributed by atoms with Gasteiger partial charge in [-0.3, -0.25) is 0 Å². The quantitative estimate of drug-likeness (QED) is 0.740. The molecule has 1 saturated heterocycles. The molecule has 0 aromatic heterocycles. The molecule has 1 unspecified atom stereocenters. The van der Waals surface area contributed by atoms with Crippen molar-refractivity contribution in [2.75, 3.05) is 36.5 Å². The van der Waals surface area contributed by atoms with Crippen molar-refractivity contribution in [2.24, 2.45) is 5.92 Å². The van der Waals surface area contributed by atoms with Gasteiger partial charge in [-0.2, -0.15) is 0 Å².